The average Bonchev–Trinajstić information content (AvgIpc) is 3.08. The van der Waals surface area contributed by atoms with Gasteiger partial charge in [-0.25, -0.2) is 0 Å². The molecule has 0 saturated carbocycles. The molecule has 0 aromatic carbocycles. The smallest absolute Gasteiger partial charge is 0.290 e. The van der Waals surface area contributed by atoms with Crippen LogP contribution in [0.15, 0.2) is 28.9 Å². The van der Waals surface area contributed by atoms with Crippen LogP contribution in [0.25, 0.3) is 0 Å². The van der Waals surface area contributed by atoms with Gasteiger partial charge in [0.25, 0.3) is 5.91 Å². The Morgan fingerprint density at radius 1 is 1.47 bits per heavy atom. The fraction of sp³-hybridized carbons (Fsp3) is 0.231. The van der Waals surface area contributed by atoms with E-state index in [1.165, 1.54) is 23.6 Å². The van der Waals surface area contributed by atoms with Gasteiger partial charge in [0.15, 0.2) is 0 Å². The molecule has 0 bridgehead atoms. The van der Waals surface area contributed by atoms with E-state index in [4.69, 9.17) is 9.63 Å². The van der Waals surface area contributed by atoms with Gasteiger partial charge in [-0.2, -0.15) is 0 Å². The predicted octanol–water partition coefficient (Wildman–Crippen LogP) is 1.40. The van der Waals surface area contributed by atoms with E-state index in [1.54, 1.807) is 0 Å². The predicted molar refractivity (Wildman–Crippen MR) is 70.6 cm³/mol. The van der Waals surface area contributed by atoms with Crippen molar-refractivity contribution in [3.05, 3.63) is 39.9 Å². The molecule has 0 saturated heterocycles. The maximum Gasteiger partial charge on any atom is 0.290 e. The molecule has 0 radical (unpaired) electrons. The SMILES string of the molecule is O=C(NCc1ccc(C#CCCO)s1)c1ccno1. The molecule has 0 fully saturated rings. The lowest BCUT2D eigenvalue weighted by Crippen LogP contribution is -2.21. The van der Waals surface area contributed by atoms with E-state index >= 15 is 0 Å². The van der Waals surface area contributed by atoms with Gasteiger partial charge < -0.3 is 14.9 Å². The third-order valence-corrected chi connectivity index (χ3v) is 3.20. The number of nitrogens with one attached hydrogen (secondary N) is 1. The fourth-order valence-electron chi connectivity index (χ4n) is 1.33. The Balaban J connectivity index is 1.87. The number of aromatic nitrogens is 1. The van der Waals surface area contributed by atoms with Crippen molar-refractivity contribution in [2.45, 2.75) is 13.0 Å². The summed E-state index contributed by atoms with van der Waals surface area (Å²) in [4.78, 5) is 13.5. The largest absolute Gasteiger partial charge is 0.395 e. The van der Waals surface area contributed by atoms with Crippen LogP contribution in [0.3, 0.4) is 0 Å². The summed E-state index contributed by atoms with van der Waals surface area (Å²) in [6, 6.07) is 5.31. The standard InChI is InChI=1S/C13H12N2O3S/c16-8-2-1-3-10-4-5-11(19-10)9-14-13(17)12-6-7-15-18-12/h4-7,16H,2,8-9H2,(H,14,17). The summed E-state index contributed by atoms with van der Waals surface area (Å²) < 4.78 is 4.75. The lowest BCUT2D eigenvalue weighted by molar-refractivity contribution is 0.0914. The molecule has 6 heteroatoms. The van der Waals surface area contributed by atoms with Crippen LogP contribution in [0.2, 0.25) is 0 Å². The molecule has 2 rings (SSSR count). The van der Waals surface area contributed by atoms with Crippen LogP contribution in [-0.4, -0.2) is 22.8 Å². The number of aliphatic hydroxyl groups is 1. The van der Waals surface area contributed by atoms with Gasteiger partial charge in [-0.1, -0.05) is 17.0 Å². The number of aliphatic hydroxyl groups excluding tert-OH is 1. The second kappa shape index (κ2) is 6.73. The third kappa shape index (κ3) is 3.95. The van der Waals surface area contributed by atoms with Crippen LogP contribution < -0.4 is 5.32 Å². The first-order valence-corrected chi connectivity index (χ1v) is 6.48. The highest BCUT2D eigenvalue weighted by Gasteiger charge is 2.09. The number of rotatable bonds is 4. The van der Waals surface area contributed by atoms with E-state index in [1.807, 2.05) is 12.1 Å². The van der Waals surface area contributed by atoms with Crippen molar-refractivity contribution < 1.29 is 14.4 Å². The monoisotopic (exact) mass is 276 g/mol. The van der Waals surface area contributed by atoms with E-state index in [0.29, 0.717) is 13.0 Å². The zero-order valence-electron chi connectivity index (χ0n) is 10.0. The quantitative estimate of drug-likeness (QED) is 0.828. The van der Waals surface area contributed by atoms with E-state index < -0.39 is 0 Å². The van der Waals surface area contributed by atoms with E-state index in [9.17, 15) is 4.79 Å². The molecule has 1 amide bonds. The van der Waals surface area contributed by atoms with Crippen molar-refractivity contribution in [1.29, 1.82) is 0 Å². The zero-order valence-corrected chi connectivity index (χ0v) is 10.9. The molecule has 5 nitrogen and oxygen atoms in total. The van der Waals surface area contributed by atoms with Gasteiger partial charge in [-0.05, 0) is 12.1 Å². The van der Waals surface area contributed by atoms with Crippen molar-refractivity contribution in [3.63, 3.8) is 0 Å². The van der Waals surface area contributed by atoms with Crippen molar-refractivity contribution in [2.24, 2.45) is 0 Å². The second-order valence-electron chi connectivity index (χ2n) is 3.60. The van der Waals surface area contributed by atoms with Crippen LogP contribution in [0, 0.1) is 11.8 Å². The Morgan fingerprint density at radius 3 is 3.11 bits per heavy atom. The highest BCUT2D eigenvalue weighted by Crippen LogP contribution is 2.15. The van der Waals surface area contributed by atoms with Crippen LogP contribution in [0.5, 0.6) is 0 Å². The van der Waals surface area contributed by atoms with Gasteiger partial charge in [0.05, 0.1) is 24.2 Å². The Hall–Kier alpha value is -2.10. The van der Waals surface area contributed by atoms with E-state index in [0.717, 1.165) is 9.75 Å². The highest BCUT2D eigenvalue weighted by atomic mass is 32.1. The van der Waals surface area contributed by atoms with Gasteiger partial charge in [0.2, 0.25) is 5.76 Å². The van der Waals surface area contributed by atoms with Gasteiger partial charge in [0, 0.05) is 17.4 Å². The molecule has 0 aliphatic heterocycles. The van der Waals surface area contributed by atoms with E-state index in [2.05, 4.69) is 22.3 Å². The van der Waals surface area contributed by atoms with Crippen LogP contribution in [0.1, 0.15) is 26.7 Å². The maximum absolute atomic E-state index is 11.6. The maximum atomic E-state index is 11.6. The van der Waals surface area contributed by atoms with E-state index in [-0.39, 0.29) is 18.3 Å². The lowest BCUT2D eigenvalue weighted by atomic mass is 10.4. The molecule has 0 aliphatic rings. The molecule has 0 unspecified atom stereocenters. The van der Waals surface area contributed by atoms with Crippen molar-refractivity contribution in [1.82, 2.24) is 10.5 Å². The van der Waals surface area contributed by atoms with Gasteiger partial charge in [-0.15, -0.1) is 11.3 Å². The summed E-state index contributed by atoms with van der Waals surface area (Å²) in [6.45, 7) is 0.490. The molecular weight excluding hydrogens is 264 g/mol. The summed E-state index contributed by atoms with van der Waals surface area (Å²) in [5.41, 5.74) is 0. The minimum Gasteiger partial charge on any atom is -0.395 e. The molecule has 0 atom stereocenters. The van der Waals surface area contributed by atoms with Crippen molar-refractivity contribution >= 4 is 17.2 Å². The summed E-state index contributed by atoms with van der Waals surface area (Å²) in [7, 11) is 0. The highest BCUT2D eigenvalue weighted by molar-refractivity contribution is 7.12. The molecule has 2 heterocycles. The number of thiophene rings is 1. The number of nitrogens with zero attached hydrogens (tertiary/aromatic N) is 1. The normalized spacial score (nSPS) is 9.74. The third-order valence-electron chi connectivity index (χ3n) is 2.19. The first-order chi connectivity index (χ1) is 9.29. The first kappa shape index (κ1) is 13.3. The molecular formula is C13H12N2O3S. The van der Waals surface area contributed by atoms with Gasteiger partial charge in [-0.3, -0.25) is 4.79 Å². The molecule has 98 valence electrons. The number of carbonyl (C=O) groups excluding carboxylic acids is 1. The summed E-state index contributed by atoms with van der Waals surface area (Å²) in [5.74, 6) is 5.70. The lowest BCUT2D eigenvalue weighted by Gasteiger charge is -1.98. The summed E-state index contributed by atoms with van der Waals surface area (Å²) in [5, 5.41) is 14.8. The second-order valence-corrected chi connectivity index (χ2v) is 4.77. The Bertz CT molecular complexity index is 593. The minimum absolute atomic E-state index is 0.0679. The Kier molecular flexibility index (Phi) is 4.72. The Morgan fingerprint density at radius 2 is 2.37 bits per heavy atom. The topological polar surface area (TPSA) is 75.4 Å². The Labute approximate surface area is 114 Å². The molecule has 0 aliphatic carbocycles. The fourth-order valence-corrected chi connectivity index (χ4v) is 2.16. The average molecular weight is 276 g/mol. The number of amides is 1. The number of hydrogen-bond acceptors (Lipinski definition) is 5. The molecule has 0 spiro atoms. The first-order valence-electron chi connectivity index (χ1n) is 5.67. The zero-order chi connectivity index (χ0) is 13.5. The molecule has 19 heavy (non-hydrogen) atoms. The number of carbonyl (C=O) groups is 1. The molecule has 2 N–H and O–H groups in total. The van der Waals surface area contributed by atoms with Crippen LogP contribution >= 0.6 is 11.3 Å². The van der Waals surface area contributed by atoms with Crippen LogP contribution in [0.4, 0.5) is 0 Å². The minimum atomic E-state index is -0.293. The molecule has 2 aromatic heterocycles. The summed E-state index contributed by atoms with van der Waals surface area (Å²) >= 11 is 1.51. The van der Waals surface area contributed by atoms with Gasteiger partial charge >= 0.3 is 0 Å². The summed E-state index contributed by atoms with van der Waals surface area (Å²) in [6.07, 6.45) is 1.89. The number of hydrogen-bond donors (Lipinski definition) is 2. The van der Waals surface area contributed by atoms with Gasteiger partial charge in [0.1, 0.15) is 0 Å². The molecule has 2 aromatic rings. The van der Waals surface area contributed by atoms with Crippen molar-refractivity contribution in [2.75, 3.05) is 6.61 Å². The van der Waals surface area contributed by atoms with Crippen LogP contribution in [-0.2, 0) is 6.54 Å². The van der Waals surface area contributed by atoms with Crippen molar-refractivity contribution in [3.8, 4) is 11.8 Å².